The molecule has 0 aliphatic heterocycles. The standard InChI is InChI=1S/C26H32N6O4.C26H36N6O3.C13H13N3O3.C13H23N3O2.C2H6.CH3.W/c1-26(2,35)23-20(13-32(31-23)19-7-5-17(14-33)6-8-19)29-24(34)21-15-36-25(30-21)18-9-10-27-22(11-18)28-12-16-3-4-16;1-26(2,34)24-22(14-32(31-24)21-7-5-18(15-33)6-8-21)28-13-20-16-35-25(30-20)19-9-10-27-23(11-19)29-12-17-3-4-17;17-13(18)10-7-19-12(16-10)9-3-4-14-11(5-9)15-6-8-1-2-8;1-13(2,18)12-11(14)7-16(15-12)10-5-3-9(8-17)4-6-10;1-2;;/h9-11,13-17,19,35H,3-8,12H2,1-2H3,(H,27,28)(H,29,34);9-11,14,16-18,21,28,33-34H,3-8,12-13,15H2,1-2H3,(H,27,29);3-5,7-8H,1-2,6H2,(H,14,15)(H,17,18);7,9-10,17-18H,3-6,8,14H2,1-2H3;1-2H3;1H3;/q;;;;;-1;. The Bertz CT molecular complexity index is 4430. The number of nitrogens with zero attached hydrogens (tertiary/aromatic N) is 12. The number of carbonyl (C=O) groups excluding carboxylic acids is 2. The zero-order valence-electron chi connectivity index (χ0n) is 65.9. The molecule has 6 aliphatic rings. The van der Waals surface area contributed by atoms with E-state index in [2.05, 4.69) is 66.7 Å². The summed E-state index contributed by atoms with van der Waals surface area (Å²) >= 11 is 0. The van der Waals surface area contributed by atoms with Gasteiger partial charge in [-0.1, -0.05) is 13.8 Å². The molecular weight excluding hydrogens is 1600 g/mol. The first-order chi connectivity index (χ1) is 52.8. The maximum atomic E-state index is 13.0. The van der Waals surface area contributed by atoms with E-state index in [9.17, 15) is 34.8 Å². The van der Waals surface area contributed by atoms with Gasteiger partial charge in [-0.05, 0) is 223 Å². The van der Waals surface area contributed by atoms with Gasteiger partial charge in [0.05, 0.1) is 47.4 Å². The third-order valence-electron chi connectivity index (χ3n) is 20.7. The largest absolute Gasteiger partial charge is 0.476 e. The Kier molecular flexibility index (Phi) is 30.6. The van der Waals surface area contributed by atoms with Gasteiger partial charge in [0.25, 0.3) is 5.91 Å². The van der Waals surface area contributed by atoms with Gasteiger partial charge >= 0.3 is 5.97 Å². The maximum absolute atomic E-state index is 13.0. The van der Waals surface area contributed by atoms with Crippen LogP contribution in [0.1, 0.15) is 233 Å². The summed E-state index contributed by atoms with van der Waals surface area (Å²) in [4.78, 5) is 60.8. The molecule has 6 aliphatic carbocycles. The van der Waals surface area contributed by atoms with Gasteiger partial charge in [-0.25, -0.2) is 34.7 Å². The minimum Gasteiger partial charge on any atom is -0.476 e. The van der Waals surface area contributed by atoms with Gasteiger partial charge < -0.3 is 88.4 Å². The minimum atomic E-state index is -1.26. The van der Waals surface area contributed by atoms with Crippen molar-refractivity contribution in [1.29, 1.82) is 0 Å². The number of amides is 1. The summed E-state index contributed by atoms with van der Waals surface area (Å²) in [6.07, 6.45) is 34.7. The first-order valence-corrected chi connectivity index (χ1v) is 39.0. The van der Waals surface area contributed by atoms with E-state index in [1.807, 2.05) is 53.8 Å². The van der Waals surface area contributed by atoms with Gasteiger partial charge in [0.1, 0.15) is 76.4 Å². The van der Waals surface area contributed by atoms with Gasteiger partial charge in [-0.2, -0.15) is 15.3 Å². The number of aldehydes is 1. The third-order valence-corrected chi connectivity index (χ3v) is 20.7. The van der Waals surface area contributed by atoms with Crippen LogP contribution in [0.4, 0.5) is 34.5 Å². The number of aliphatic hydroxyl groups excluding tert-OH is 2. The molecule has 0 unspecified atom stereocenters. The summed E-state index contributed by atoms with van der Waals surface area (Å²) in [5.74, 6) is 5.09. The smallest absolute Gasteiger partial charge is 0.357 e. The monoisotopic (exact) mass is 1710 g/mol. The van der Waals surface area contributed by atoms with Crippen LogP contribution in [-0.4, -0.2) is 141 Å². The number of hydrogen-bond acceptors (Lipinski definition) is 25. The van der Waals surface area contributed by atoms with Crippen molar-refractivity contribution in [2.24, 2.45) is 35.5 Å². The molecule has 0 atom stereocenters. The van der Waals surface area contributed by atoms with E-state index in [1.165, 1.54) is 44.8 Å². The van der Waals surface area contributed by atoms with Gasteiger partial charge in [-0.15, -0.1) is 0 Å². The normalized spacial score (nSPS) is 19.5. The molecule has 0 saturated heterocycles. The van der Waals surface area contributed by atoms with Crippen molar-refractivity contribution in [1.82, 2.24) is 59.2 Å². The van der Waals surface area contributed by atoms with Crippen molar-refractivity contribution in [3.8, 4) is 34.4 Å². The summed E-state index contributed by atoms with van der Waals surface area (Å²) < 4.78 is 22.2. The Morgan fingerprint density at radius 2 is 0.875 bits per heavy atom. The molecule has 112 heavy (non-hydrogen) atoms. The molecule has 1 amide bonds. The molecule has 9 aromatic heterocycles. The van der Waals surface area contributed by atoms with E-state index in [0.29, 0.717) is 70.2 Å². The molecule has 0 spiro atoms. The van der Waals surface area contributed by atoms with Crippen LogP contribution < -0.4 is 32.3 Å². The van der Waals surface area contributed by atoms with E-state index in [1.54, 1.807) is 95.5 Å². The molecule has 13 N–H and O–H groups in total. The third kappa shape index (κ3) is 24.4. The van der Waals surface area contributed by atoms with E-state index in [0.717, 1.165) is 167 Å². The number of oxazole rings is 3. The Labute approximate surface area is 669 Å². The van der Waals surface area contributed by atoms with Crippen molar-refractivity contribution in [2.75, 3.05) is 65.2 Å². The fraction of sp³-hybridized carbons (Fsp3) is 0.543. The number of pyridine rings is 3. The van der Waals surface area contributed by atoms with E-state index in [4.69, 9.17) is 34.3 Å². The number of carboxylic acids is 1. The summed E-state index contributed by atoms with van der Waals surface area (Å²) in [5.41, 5.74) is 8.96. The van der Waals surface area contributed by atoms with Crippen LogP contribution in [0.2, 0.25) is 0 Å². The molecule has 6 fully saturated rings. The van der Waals surface area contributed by atoms with Crippen LogP contribution in [0.3, 0.4) is 0 Å². The number of anilines is 6. The quantitative estimate of drug-likeness (QED) is 0.0168. The van der Waals surface area contributed by atoms with Gasteiger partial charge in [0.15, 0.2) is 11.4 Å². The van der Waals surface area contributed by atoms with Crippen LogP contribution in [-0.2, 0) is 49.2 Å². The van der Waals surface area contributed by atoms with Crippen LogP contribution in [0.5, 0.6) is 0 Å². The number of carboxylic acid groups (broad SMARTS) is 1. The maximum Gasteiger partial charge on any atom is 0.357 e. The predicted molar refractivity (Wildman–Crippen MR) is 423 cm³/mol. The van der Waals surface area contributed by atoms with Gasteiger partial charge in [0, 0.05) is 114 Å². The molecule has 606 valence electrons. The number of aromatic carboxylic acids is 1. The van der Waals surface area contributed by atoms with E-state index < -0.39 is 28.7 Å². The number of hydrogen-bond donors (Lipinski definition) is 12. The van der Waals surface area contributed by atoms with Crippen molar-refractivity contribution in [3.05, 3.63) is 134 Å². The Morgan fingerprint density at radius 3 is 1.27 bits per heavy atom. The fourth-order valence-corrected chi connectivity index (χ4v) is 13.6. The van der Waals surface area contributed by atoms with Crippen molar-refractivity contribution < 1.29 is 79.3 Å². The molecule has 9 aromatic rings. The number of nitrogens with two attached hydrogens (primary N) is 1. The van der Waals surface area contributed by atoms with Gasteiger partial charge in [0.2, 0.25) is 17.7 Å². The molecule has 6 saturated carbocycles. The second-order valence-corrected chi connectivity index (χ2v) is 31.3. The number of aromatic nitrogens is 12. The number of aliphatic hydroxyl groups is 5. The second-order valence-electron chi connectivity index (χ2n) is 31.3. The first kappa shape index (κ1) is 86.8. The Morgan fingerprint density at radius 1 is 0.509 bits per heavy atom. The molecule has 0 aromatic carbocycles. The van der Waals surface area contributed by atoms with Crippen LogP contribution in [0, 0.1) is 42.9 Å². The summed E-state index contributed by atoms with van der Waals surface area (Å²) in [5, 5.41) is 88.7. The van der Waals surface area contributed by atoms with Crippen LogP contribution in [0.15, 0.2) is 106 Å². The van der Waals surface area contributed by atoms with Crippen LogP contribution in [0.25, 0.3) is 34.4 Å². The number of nitrogens with one attached hydrogen (secondary N) is 5. The van der Waals surface area contributed by atoms with E-state index in [-0.39, 0.29) is 77.0 Å². The first-order valence-electron chi connectivity index (χ1n) is 39.0. The topological polar surface area (TPSA) is 429 Å². The molecule has 15 rings (SSSR count). The summed E-state index contributed by atoms with van der Waals surface area (Å²) in [6.45, 7) is 17.9. The number of rotatable bonds is 27. The number of carbonyl (C=O) groups is 3. The summed E-state index contributed by atoms with van der Waals surface area (Å²) in [7, 11) is 0. The second kappa shape index (κ2) is 39.5. The zero-order chi connectivity index (χ0) is 78.3. The number of nitrogen functional groups attached to an aromatic ring is 1. The van der Waals surface area contributed by atoms with E-state index >= 15 is 0 Å². The Hall–Kier alpha value is -9.19. The molecule has 31 heteroatoms. The molecular formula is C81H113N18O12W-. The molecule has 0 bridgehead atoms. The molecule has 30 nitrogen and oxygen atoms in total. The minimum absolute atomic E-state index is 0. The SMILES string of the molecule is CC.CC(C)(O)c1nn(C2CCC(C=O)CC2)cc1NC(=O)c1coc(-c2ccnc(NCC3CC3)c2)n1.CC(C)(O)c1nn(C2CCC(CO)CC2)cc1N.CC(C)(O)c1nn(C2CCC(CO)CC2)cc1NCc1coc(-c2ccnc(NCC3CC3)c2)n1.O=C(O)c1coc(-c2ccnc(NCC3CC3)c2)n1.[CH3-].[W]. The van der Waals surface area contributed by atoms with Crippen LogP contribution >= 0.6 is 0 Å². The molecule has 9 heterocycles. The van der Waals surface area contributed by atoms with Crippen molar-refractivity contribution >= 4 is 52.7 Å². The van der Waals surface area contributed by atoms with Crippen molar-refractivity contribution in [3.63, 3.8) is 0 Å². The average molecular weight is 1710 g/mol. The average Bonchev–Trinajstić information content (AvgIpc) is 1.65. The predicted octanol–water partition coefficient (Wildman–Crippen LogP) is 13.6. The Balaban J connectivity index is 0.000000176. The van der Waals surface area contributed by atoms with Gasteiger partial charge in [-0.3, -0.25) is 18.8 Å². The molecule has 0 radical (unpaired) electrons. The summed E-state index contributed by atoms with van der Waals surface area (Å²) in [6, 6.07) is 11.8. The van der Waals surface area contributed by atoms with Crippen molar-refractivity contribution in [2.45, 2.75) is 212 Å². The zero-order valence-corrected chi connectivity index (χ0v) is 68.8. The fourth-order valence-electron chi connectivity index (χ4n) is 13.6.